The molecule has 3 aromatic rings. The van der Waals surface area contributed by atoms with Gasteiger partial charge in [-0.3, -0.25) is 9.59 Å². The molecule has 0 aromatic carbocycles. The van der Waals surface area contributed by atoms with E-state index in [2.05, 4.69) is 24.8 Å². The Balaban J connectivity index is -0.000000481. The van der Waals surface area contributed by atoms with Gasteiger partial charge in [-0.15, -0.1) is 11.6 Å². The van der Waals surface area contributed by atoms with Crippen LogP contribution in [0.5, 0.6) is 0 Å². The Hall–Kier alpha value is 1.22. The van der Waals surface area contributed by atoms with Gasteiger partial charge in [-0.05, 0) is 6.92 Å². The third-order valence-corrected chi connectivity index (χ3v) is 5.21. The molecule has 3 aromatic heterocycles. The summed E-state index contributed by atoms with van der Waals surface area (Å²) in [4.78, 5) is 37.5. The maximum atomic E-state index is 11.2. The predicted molar refractivity (Wildman–Crippen MR) is 113 cm³/mol. The van der Waals surface area contributed by atoms with Crippen molar-refractivity contribution in [3.63, 3.8) is 0 Å². The number of rotatable bonds is 5. The average Bonchev–Trinajstić information content (AvgIpc) is 3.21. The van der Waals surface area contributed by atoms with Gasteiger partial charge in [0.25, 0.3) is 12.0 Å². The van der Waals surface area contributed by atoms with Crippen LogP contribution in [0.4, 0.5) is 0 Å². The molecule has 0 fully saturated rings. The molecular weight excluding hydrogens is 557 g/mol. The van der Waals surface area contributed by atoms with Crippen molar-refractivity contribution in [3.05, 3.63) is 56.5 Å². The summed E-state index contributed by atoms with van der Waals surface area (Å²) in [6, 6.07) is 1.46. The number of aromatic nitrogens is 6. The number of aromatic amines is 1. The largest absolute Gasteiger partial charge is 1.00 e. The minimum Gasteiger partial charge on any atom is -1.00 e. The smallest absolute Gasteiger partial charge is 1.00 e. The van der Waals surface area contributed by atoms with Crippen molar-refractivity contribution in [1.82, 2.24) is 29.1 Å². The van der Waals surface area contributed by atoms with Crippen LogP contribution in [0.3, 0.4) is 0 Å². The summed E-state index contributed by atoms with van der Waals surface area (Å²) >= 11 is 18.5. The van der Waals surface area contributed by atoms with Crippen LogP contribution in [0.15, 0.2) is 28.4 Å². The van der Waals surface area contributed by atoms with Gasteiger partial charge in [0.05, 0.1) is 24.0 Å². The zero-order valence-corrected chi connectivity index (χ0v) is 27.5. The number of hydrogen-bond donors (Lipinski definition) is 1. The van der Waals surface area contributed by atoms with Crippen molar-refractivity contribution in [2.24, 2.45) is 14.1 Å². The van der Waals surface area contributed by atoms with Crippen molar-refractivity contribution >= 4 is 53.0 Å². The zero-order chi connectivity index (χ0) is 22.7. The van der Waals surface area contributed by atoms with Gasteiger partial charge in [0.1, 0.15) is 22.0 Å². The molecule has 10 nitrogen and oxygen atoms in total. The van der Waals surface area contributed by atoms with Crippen LogP contribution in [0.1, 0.15) is 18.8 Å². The quantitative estimate of drug-likeness (QED) is 0.0622. The second-order valence-corrected chi connectivity index (χ2v) is 7.42. The summed E-state index contributed by atoms with van der Waals surface area (Å²) in [6.07, 6.45) is 3.18. The van der Waals surface area contributed by atoms with Crippen LogP contribution in [0.2, 0.25) is 10.3 Å². The standard InChI is InChI=1S/C10H11ClN4OS.C5H6Cl2N2.CH2O3.2K.H/c1-6-3-9(16)14-10(13-6)17-5-8-12-4-7(11)15(8)2;1-9-4(7)3-8-5(9)2-6;2-1-4-3;;;/h3-4H,5H2,1-2H3,(H,13,14,16);3H,2H2,1H3;1,3H;;;/q;;;2*+1;-1/p-1. The Labute approximate surface area is 290 Å². The number of carbonyl (C=O) groups is 1. The van der Waals surface area contributed by atoms with E-state index in [9.17, 15) is 4.79 Å². The number of hydrogen-bond acceptors (Lipinski definition) is 8. The topological polar surface area (TPSA) is 131 Å². The predicted octanol–water partition coefficient (Wildman–Crippen LogP) is -3.87. The van der Waals surface area contributed by atoms with Crippen molar-refractivity contribution in [1.29, 1.82) is 0 Å². The molecule has 3 heterocycles. The number of thioether (sulfide) groups is 1. The van der Waals surface area contributed by atoms with E-state index in [0.717, 1.165) is 11.6 Å². The number of imidazole rings is 2. The molecule has 0 aliphatic carbocycles. The van der Waals surface area contributed by atoms with Crippen LogP contribution in [0, 0.1) is 6.92 Å². The molecule has 0 amide bonds. The molecule has 0 aliphatic heterocycles. The van der Waals surface area contributed by atoms with Crippen molar-refractivity contribution < 1.29 is 119 Å². The van der Waals surface area contributed by atoms with E-state index in [4.69, 9.17) is 44.9 Å². The summed E-state index contributed by atoms with van der Waals surface area (Å²) in [7, 11) is 3.67. The Morgan fingerprint density at radius 1 is 1.19 bits per heavy atom. The first-order valence-electron chi connectivity index (χ1n) is 8.04. The van der Waals surface area contributed by atoms with Crippen molar-refractivity contribution in [2.45, 2.75) is 23.7 Å². The molecule has 0 aliphatic rings. The Morgan fingerprint density at radius 2 is 1.69 bits per heavy atom. The summed E-state index contributed by atoms with van der Waals surface area (Å²) in [5.74, 6) is 2.64. The molecule has 166 valence electrons. The number of halogens is 3. The van der Waals surface area contributed by atoms with Crippen molar-refractivity contribution in [2.75, 3.05) is 0 Å². The van der Waals surface area contributed by atoms with Gasteiger partial charge in [0.2, 0.25) is 0 Å². The van der Waals surface area contributed by atoms with Crippen LogP contribution in [-0.2, 0) is 35.4 Å². The molecule has 0 saturated carbocycles. The van der Waals surface area contributed by atoms with E-state index in [0.29, 0.717) is 32.8 Å². The van der Waals surface area contributed by atoms with Gasteiger partial charge in [-0.2, -0.15) is 0 Å². The Kier molecular flexibility index (Phi) is 21.5. The molecule has 0 unspecified atom stereocenters. The molecule has 0 radical (unpaired) electrons. The fourth-order valence-electron chi connectivity index (χ4n) is 1.86. The second kappa shape index (κ2) is 19.4. The summed E-state index contributed by atoms with van der Waals surface area (Å²) in [5, 5.41) is 10.2. The molecule has 1 N–H and O–H groups in total. The molecule has 0 saturated heterocycles. The number of nitrogens with one attached hydrogen (secondary N) is 1. The van der Waals surface area contributed by atoms with Crippen LogP contribution >= 0.6 is 46.6 Å². The molecular formula is C16H19Cl3K2N6O4S. The monoisotopic (exact) mass is 574 g/mol. The molecule has 0 bridgehead atoms. The average molecular weight is 576 g/mol. The first-order valence-corrected chi connectivity index (χ1v) is 10.3. The molecule has 16 heteroatoms. The maximum absolute atomic E-state index is 11.2. The SMILES string of the molecule is Cc1cc(=O)[nH]c(SCc2ncc(Cl)n2C)n1.Cn1c(Cl)cnc1CCl.O=CO[O-].[H-].[K+].[K+]. The Morgan fingerprint density at radius 3 is 2.03 bits per heavy atom. The van der Waals surface area contributed by atoms with E-state index in [1.165, 1.54) is 17.8 Å². The first kappa shape index (κ1) is 35.4. The first-order chi connectivity index (χ1) is 14.2. The van der Waals surface area contributed by atoms with Gasteiger partial charge in [0.15, 0.2) is 5.16 Å². The van der Waals surface area contributed by atoms with Gasteiger partial charge < -0.3 is 25.7 Å². The number of carbonyl (C=O) groups excluding carboxylic acids is 1. The van der Waals surface area contributed by atoms with E-state index < -0.39 is 0 Å². The summed E-state index contributed by atoms with van der Waals surface area (Å²) < 4.78 is 3.54. The van der Waals surface area contributed by atoms with Gasteiger partial charge in [-0.1, -0.05) is 35.0 Å². The van der Waals surface area contributed by atoms with E-state index >= 15 is 0 Å². The summed E-state index contributed by atoms with van der Waals surface area (Å²) in [6.45, 7) is 1.61. The van der Waals surface area contributed by atoms with Crippen LogP contribution in [0.25, 0.3) is 0 Å². The number of nitrogens with zero attached hydrogens (tertiary/aromatic N) is 5. The van der Waals surface area contributed by atoms with Gasteiger partial charge in [0, 0.05) is 25.9 Å². The molecule has 32 heavy (non-hydrogen) atoms. The zero-order valence-electron chi connectivity index (χ0n) is 19.1. The molecule has 0 atom stereocenters. The van der Waals surface area contributed by atoms with Crippen LogP contribution in [-0.4, -0.2) is 35.5 Å². The second-order valence-electron chi connectivity index (χ2n) is 5.42. The maximum Gasteiger partial charge on any atom is 1.00 e. The van der Waals surface area contributed by atoms with Crippen LogP contribution < -0.4 is 114 Å². The van der Waals surface area contributed by atoms with Crippen molar-refractivity contribution in [3.8, 4) is 0 Å². The molecule has 0 spiro atoms. The molecule has 3 rings (SSSR count). The van der Waals surface area contributed by atoms with Gasteiger partial charge in [-0.25, -0.2) is 15.0 Å². The number of aryl methyl sites for hydroxylation is 1. The number of H-pyrrole nitrogens is 1. The Bertz CT molecular complexity index is 1020. The number of alkyl halides is 1. The minimum atomic E-state index is -0.181. The van der Waals surface area contributed by atoms with Gasteiger partial charge >= 0.3 is 103 Å². The summed E-state index contributed by atoms with van der Waals surface area (Å²) in [5.41, 5.74) is 0.562. The third kappa shape index (κ3) is 12.8. The van der Waals surface area contributed by atoms with E-state index in [1.807, 2.05) is 14.1 Å². The fourth-order valence-corrected chi connectivity index (χ4v) is 3.32. The fraction of sp³-hybridized carbons (Fsp3) is 0.312. The van der Waals surface area contributed by atoms with E-state index in [-0.39, 0.29) is 116 Å². The van der Waals surface area contributed by atoms with E-state index in [1.54, 1.807) is 28.5 Å². The minimum absolute atomic E-state index is 0. The normalized spacial score (nSPS) is 9.22. The third-order valence-electron chi connectivity index (χ3n) is 3.40.